The molecule has 1 fully saturated rings. The Balaban J connectivity index is 1.87. The van der Waals surface area contributed by atoms with E-state index in [9.17, 15) is 0 Å². The number of guanidine groups is 1. The summed E-state index contributed by atoms with van der Waals surface area (Å²) in [5.74, 6) is 0.833. The zero-order valence-electron chi connectivity index (χ0n) is 15.8. The molecule has 25 heavy (non-hydrogen) atoms. The maximum absolute atomic E-state index is 4.62. The summed E-state index contributed by atoms with van der Waals surface area (Å²) in [6, 6.07) is 8.87. The van der Waals surface area contributed by atoms with E-state index in [1.54, 1.807) is 0 Å². The Morgan fingerprint density at radius 3 is 2.60 bits per heavy atom. The van der Waals surface area contributed by atoms with Crippen molar-refractivity contribution in [1.29, 1.82) is 0 Å². The van der Waals surface area contributed by atoms with Crippen LogP contribution in [0.15, 0.2) is 41.9 Å². The molecule has 1 aliphatic heterocycles. The summed E-state index contributed by atoms with van der Waals surface area (Å²) in [5.41, 5.74) is 2.61. The third-order valence-corrected chi connectivity index (χ3v) is 4.42. The molecule has 5 nitrogen and oxygen atoms in total. The fourth-order valence-electron chi connectivity index (χ4n) is 2.95. The normalized spacial score (nSPS) is 17.1. The van der Waals surface area contributed by atoms with Crippen LogP contribution in [0.1, 0.15) is 24.5 Å². The molecule has 0 radical (unpaired) electrons. The second-order valence-electron chi connectivity index (χ2n) is 6.61. The highest BCUT2D eigenvalue weighted by Gasteiger charge is 2.12. The first-order valence-corrected chi connectivity index (χ1v) is 9.33. The van der Waals surface area contributed by atoms with Gasteiger partial charge in [-0.25, -0.2) is 4.99 Å². The molecule has 1 heterocycles. The average molecular weight is 344 g/mol. The molecule has 5 heteroatoms. The Hall–Kier alpha value is -1.85. The van der Waals surface area contributed by atoms with Crippen molar-refractivity contribution in [3.8, 4) is 0 Å². The van der Waals surface area contributed by atoms with Crippen molar-refractivity contribution in [2.45, 2.75) is 26.4 Å². The molecule has 0 amide bonds. The van der Waals surface area contributed by atoms with Crippen LogP contribution in [0, 0.1) is 0 Å². The number of nitrogens with one attached hydrogen (secondary N) is 2. The van der Waals surface area contributed by atoms with E-state index in [1.165, 1.54) is 30.6 Å². The van der Waals surface area contributed by atoms with Gasteiger partial charge in [0, 0.05) is 32.7 Å². The lowest BCUT2D eigenvalue weighted by Crippen LogP contribution is -2.37. The van der Waals surface area contributed by atoms with E-state index in [4.69, 9.17) is 0 Å². The number of aliphatic imine (C=N–C) groups is 1. The van der Waals surface area contributed by atoms with Gasteiger partial charge in [0.2, 0.25) is 0 Å². The van der Waals surface area contributed by atoms with Crippen molar-refractivity contribution in [3.05, 3.63) is 48.0 Å². The summed E-state index contributed by atoms with van der Waals surface area (Å²) in [5, 5.41) is 6.47. The quantitative estimate of drug-likeness (QED) is 0.452. The summed E-state index contributed by atoms with van der Waals surface area (Å²) in [6.45, 7) is 13.8. The van der Waals surface area contributed by atoms with Crippen molar-refractivity contribution in [3.63, 3.8) is 0 Å². The molecule has 0 spiro atoms. The smallest absolute Gasteiger partial charge is 0.191 e. The Morgan fingerprint density at radius 1 is 1.12 bits per heavy atom. The van der Waals surface area contributed by atoms with Crippen LogP contribution >= 0.6 is 0 Å². The SMILES string of the molecule is C=CCNC(=NCc1ccc(CN2CCCN(C)CC2)cc1)NCC. The molecule has 1 saturated heterocycles. The van der Waals surface area contributed by atoms with Gasteiger partial charge in [0.25, 0.3) is 0 Å². The van der Waals surface area contributed by atoms with E-state index in [2.05, 4.69) is 70.2 Å². The molecule has 1 aromatic carbocycles. The lowest BCUT2D eigenvalue weighted by molar-refractivity contribution is 0.269. The fourth-order valence-corrected chi connectivity index (χ4v) is 2.95. The average Bonchev–Trinajstić information content (AvgIpc) is 2.83. The van der Waals surface area contributed by atoms with Crippen LogP contribution < -0.4 is 10.6 Å². The second-order valence-corrected chi connectivity index (χ2v) is 6.61. The van der Waals surface area contributed by atoms with Gasteiger partial charge in [0.15, 0.2) is 5.96 Å². The van der Waals surface area contributed by atoms with E-state index < -0.39 is 0 Å². The van der Waals surface area contributed by atoms with E-state index in [0.29, 0.717) is 6.54 Å². The zero-order chi connectivity index (χ0) is 17.9. The summed E-state index contributed by atoms with van der Waals surface area (Å²) in [7, 11) is 2.21. The van der Waals surface area contributed by atoms with E-state index in [0.717, 1.165) is 38.7 Å². The van der Waals surface area contributed by atoms with Crippen molar-refractivity contribution < 1.29 is 0 Å². The molecule has 0 saturated carbocycles. The molecule has 138 valence electrons. The molecule has 1 aliphatic rings. The zero-order valence-corrected chi connectivity index (χ0v) is 15.8. The third-order valence-electron chi connectivity index (χ3n) is 4.42. The second kappa shape index (κ2) is 10.9. The maximum atomic E-state index is 4.62. The minimum atomic E-state index is 0.682. The molecule has 0 aromatic heterocycles. The van der Waals surface area contributed by atoms with Gasteiger partial charge in [-0.1, -0.05) is 30.3 Å². The Morgan fingerprint density at radius 2 is 1.88 bits per heavy atom. The fraction of sp³-hybridized carbons (Fsp3) is 0.550. The minimum absolute atomic E-state index is 0.682. The number of likely N-dealkylation sites (N-methyl/N-ethyl adjacent to an activating group) is 1. The van der Waals surface area contributed by atoms with E-state index in [1.807, 2.05) is 6.08 Å². The molecular weight excluding hydrogens is 310 g/mol. The number of hydrogen-bond acceptors (Lipinski definition) is 3. The molecule has 0 aliphatic carbocycles. The van der Waals surface area contributed by atoms with E-state index in [-0.39, 0.29) is 0 Å². The van der Waals surface area contributed by atoms with Gasteiger partial charge in [-0.05, 0) is 44.6 Å². The van der Waals surface area contributed by atoms with Crippen LogP contribution in [0.2, 0.25) is 0 Å². The number of benzene rings is 1. The van der Waals surface area contributed by atoms with Crippen LogP contribution in [-0.4, -0.2) is 62.1 Å². The lowest BCUT2D eigenvalue weighted by Gasteiger charge is -2.20. The molecule has 1 aromatic rings. The standard InChI is InChI=1S/C20H33N5/c1-4-11-22-20(21-5-2)23-16-18-7-9-19(10-8-18)17-25-13-6-12-24(3)14-15-25/h4,7-10H,1,5-6,11-17H2,2-3H3,(H2,21,22,23). The number of rotatable bonds is 7. The predicted octanol–water partition coefficient (Wildman–Crippen LogP) is 2.07. The predicted molar refractivity (Wildman–Crippen MR) is 107 cm³/mol. The Kier molecular flexibility index (Phi) is 8.49. The highest BCUT2D eigenvalue weighted by molar-refractivity contribution is 5.79. The van der Waals surface area contributed by atoms with Gasteiger partial charge in [-0.3, -0.25) is 4.90 Å². The van der Waals surface area contributed by atoms with Crippen molar-refractivity contribution in [2.75, 3.05) is 46.3 Å². The van der Waals surface area contributed by atoms with Crippen LogP contribution in [0.4, 0.5) is 0 Å². The van der Waals surface area contributed by atoms with Crippen molar-refractivity contribution in [1.82, 2.24) is 20.4 Å². The molecular formula is C20H33N5. The monoisotopic (exact) mass is 343 g/mol. The minimum Gasteiger partial charge on any atom is -0.357 e. The molecule has 0 bridgehead atoms. The molecule has 0 atom stereocenters. The van der Waals surface area contributed by atoms with Crippen LogP contribution in [0.3, 0.4) is 0 Å². The van der Waals surface area contributed by atoms with Gasteiger partial charge >= 0.3 is 0 Å². The first-order chi connectivity index (χ1) is 12.2. The van der Waals surface area contributed by atoms with Gasteiger partial charge in [0.1, 0.15) is 0 Å². The molecule has 0 unspecified atom stereocenters. The summed E-state index contributed by atoms with van der Waals surface area (Å²) >= 11 is 0. The van der Waals surface area contributed by atoms with Gasteiger partial charge in [0.05, 0.1) is 6.54 Å². The summed E-state index contributed by atoms with van der Waals surface area (Å²) in [6.07, 6.45) is 3.09. The van der Waals surface area contributed by atoms with Gasteiger partial charge in [-0.2, -0.15) is 0 Å². The van der Waals surface area contributed by atoms with Crippen molar-refractivity contribution in [2.24, 2.45) is 4.99 Å². The first kappa shape index (κ1) is 19.5. The molecule has 2 rings (SSSR count). The number of nitrogens with zero attached hydrogens (tertiary/aromatic N) is 3. The summed E-state index contributed by atoms with van der Waals surface area (Å²) in [4.78, 5) is 9.59. The number of hydrogen-bond donors (Lipinski definition) is 2. The van der Waals surface area contributed by atoms with Crippen LogP contribution in [-0.2, 0) is 13.1 Å². The van der Waals surface area contributed by atoms with Crippen LogP contribution in [0.5, 0.6) is 0 Å². The maximum Gasteiger partial charge on any atom is 0.191 e. The lowest BCUT2D eigenvalue weighted by atomic mass is 10.1. The van der Waals surface area contributed by atoms with Crippen molar-refractivity contribution >= 4 is 5.96 Å². The van der Waals surface area contributed by atoms with Gasteiger partial charge in [-0.15, -0.1) is 6.58 Å². The largest absolute Gasteiger partial charge is 0.357 e. The first-order valence-electron chi connectivity index (χ1n) is 9.33. The van der Waals surface area contributed by atoms with Gasteiger partial charge < -0.3 is 15.5 Å². The third kappa shape index (κ3) is 7.28. The van der Waals surface area contributed by atoms with Crippen LogP contribution in [0.25, 0.3) is 0 Å². The Labute approximate surface area is 152 Å². The topological polar surface area (TPSA) is 42.9 Å². The highest BCUT2D eigenvalue weighted by Crippen LogP contribution is 2.10. The Bertz CT molecular complexity index is 538. The van der Waals surface area contributed by atoms with E-state index >= 15 is 0 Å². The summed E-state index contributed by atoms with van der Waals surface area (Å²) < 4.78 is 0. The molecule has 2 N–H and O–H groups in total. The highest BCUT2D eigenvalue weighted by atomic mass is 15.2.